The molecule has 6 nitrogen and oxygen atoms in total. The highest BCUT2D eigenvalue weighted by Gasteiger charge is 2.29. The monoisotopic (exact) mass is 451 g/mol. The molecule has 22 heavy (non-hydrogen) atoms. The number of likely N-dealkylation sites (N-methyl/N-ethyl adjacent to an activating group) is 1. The minimum Gasteiger partial charge on any atom is -1.00 e. The molecule has 0 aromatic heterocycles. The van der Waals surface area contributed by atoms with Crippen LogP contribution in [0.5, 0.6) is 0 Å². The van der Waals surface area contributed by atoms with Gasteiger partial charge in [-0.05, 0) is 27.7 Å². The number of ether oxygens (including phenoxy) is 2. The molecule has 1 heterocycles. The Morgan fingerprint density at radius 3 is 2.05 bits per heavy atom. The average Bonchev–Trinajstić information content (AvgIpc) is 2.33. The molecule has 1 fully saturated rings. The van der Waals surface area contributed by atoms with Crippen LogP contribution in [0.1, 0.15) is 27.7 Å². The van der Waals surface area contributed by atoms with E-state index in [-0.39, 0.29) is 42.5 Å². The van der Waals surface area contributed by atoms with E-state index < -0.39 is 7.60 Å². The van der Waals surface area contributed by atoms with Gasteiger partial charge in [-0.1, -0.05) is 0 Å². The fourth-order valence-corrected chi connectivity index (χ4v) is 4.01. The molecule has 0 spiro atoms. The topological polar surface area (TPSA) is 54.0 Å². The van der Waals surface area contributed by atoms with Crippen LogP contribution in [-0.4, -0.2) is 69.5 Å². The zero-order chi connectivity index (χ0) is 15.9. The maximum Gasteiger partial charge on any atom is 0.356 e. The summed E-state index contributed by atoms with van der Waals surface area (Å²) in [5.41, 5.74) is 0. The molecule has 1 aliphatic heterocycles. The molecule has 1 saturated heterocycles. The standard InChI is InChI=1S/C14H31NO5P.HI/c1-13(2)19-21(16,20-14(3)4)12-18-11-8-15(5)6-9-17-10-7-15;/h13-14H,6-12H2,1-5H3;1H/q+1;/p-1. The van der Waals surface area contributed by atoms with Gasteiger partial charge in [0, 0.05) is 0 Å². The number of hydrogen-bond donors (Lipinski definition) is 0. The van der Waals surface area contributed by atoms with Crippen LogP contribution in [0, 0.1) is 0 Å². The van der Waals surface area contributed by atoms with Gasteiger partial charge in [-0.15, -0.1) is 0 Å². The van der Waals surface area contributed by atoms with E-state index in [1.54, 1.807) is 0 Å². The summed E-state index contributed by atoms with van der Waals surface area (Å²) < 4.78 is 35.4. The molecule has 0 aromatic rings. The summed E-state index contributed by atoms with van der Waals surface area (Å²) in [4.78, 5) is 0. The summed E-state index contributed by atoms with van der Waals surface area (Å²) in [6.07, 6.45) is -0.288. The minimum atomic E-state index is -3.18. The zero-order valence-electron chi connectivity index (χ0n) is 14.4. The third kappa shape index (κ3) is 9.15. The van der Waals surface area contributed by atoms with Crippen LogP contribution in [0.25, 0.3) is 0 Å². The Labute approximate surface area is 152 Å². The van der Waals surface area contributed by atoms with Gasteiger partial charge in [0.25, 0.3) is 0 Å². The average molecular weight is 451 g/mol. The van der Waals surface area contributed by atoms with Crippen LogP contribution in [0.4, 0.5) is 0 Å². The van der Waals surface area contributed by atoms with Gasteiger partial charge in [0.2, 0.25) is 0 Å². The maximum atomic E-state index is 12.6. The summed E-state index contributed by atoms with van der Waals surface area (Å²) in [7, 11) is -0.982. The van der Waals surface area contributed by atoms with E-state index in [0.29, 0.717) is 6.61 Å². The number of halogens is 1. The van der Waals surface area contributed by atoms with Crippen LogP contribution in [0.2, 0.25) is 0 Å². The Bertz CT molecular complexity index is 334. The van der Waals surface area contributed by atoms with E-state index in [1.165, 1.54) is 0 Å². The first kappa shape index (κ1) is 22.8. The van der Waals surface area contributed by atoms with Crippen molar-refractivity contribution in [3.63, 3.8) is 0 Å². The molecular weight excluding hydrogens is 420 g/mol. The summed E-state index contributed by atoms with van der Waals surface area (Å²) >= 11 is 0. The summed E-state index contributed by atoms with van der Waals surface area (Å²) in [6, 6.07) is 0. The number of rotatable bonds is 9. The summed E-state index contributed by atoms with van der Waals surface area (Å²) in [5, 5.41) is 0. The molecule has 0 N–H and O–H groups in total. The predicted octanol–water partition coefficient (Wildman–Crippen LogP) is -0.516. The highest BCUT2D eigenvalue weighted by atomic mass is 127. The first-order chi connectivity index (χ1) is 9.75. The van der Waals surface area contributed by atoms with Crippen molar-refractivity contribution in [2.45, 2.75) is 39.9 Å². The van der Waals surface area contributed by atoms with Crippen molar-refractivity contribution in [2.75, 3.05) is 52.9 Å². The van der Waals surface area contributed by atoms with Crippen molar-refractivity contribution in [1.82, 2.24) is 0 Å². The fraction of sp³-hybridized carbons (Fsp3) is 1.00. The molecule has 0 atom stereocenters. The van der Waals surface area contributed by atoms with Crippen molar-refractivity contribution in [3.8, 4) is 0 Å². The van der Waals surface area contributed by atoms with Gasteiger partial charge in [-0.2, -0.15) is 0 Å². The SMILES string of the molecule is CC(C)OP(=O)(COCC[N+]1(C)CCOCC1)OC(C)C.[I-]. The molecule has 0 amide bonds. The van der Waals surface area contributed by atoms with Gasteiger partial charge < -0.3 is 47.0 Å². The lowest BCUT2D eigenvalue weighted by atomic mass is 10.3. The van der Waals surface area contributed by atoms with E-state index in [0.717, 1.165) is 37.3 Å². The first-order valence-electron chi connectivity index (χ1n) is 7.70. The van der Waals surface area contributed by atoms with E-state index in [1.807, 2.05) is 27.7 Å². The van der Waals surface area contributed by atoms with Crippen LogP contribution >= 0.6 is 7.60 Å². The Morgan fingerprint density at radius 1 is 1.09 bits per heavy atom. The predicted molar refractivity (Wildman–Crippen MR) is 82.5 cm³/mol. The lowest BCUT2D eigenvalue weighted by molar-refractivity contribution is -0.917. The number of hydrogen-bond acceptors (Lipinski definition) is 5. The molecule has 0 radical (unpaired) electrons. The third-order valence-corrected chi connectivity index (χ3v) is 5.30. The molecule has 0 saturated carbocycles. The Kier molecular flexibility index (Phi) is 11.0. The first-order valence-corrected chi connectivity index (χ1v) is 9.42. The maximum absolute atomic E-state index is 12.6. The Hall–Kier alpha value is 0.760. The molecule has 134 valence electrons. The number of morpholine rings is 1. The molecule has 1 rings (SSSR count). The molecule has 0 bridgehead atoms. The molecule has 1 aliphatic rings. The largest absolute Gasteiger partial charge is 1.00 e. The lowest BCUT2D eigenvalue weighted by Gasteiger charge is -2.37. The zero-order valence-corrected chi connectivity index (χ0v) is 17.5. The van der Waals surface area contributed by atoms with E-state index in [2.05, 4.69) is 7.05 Å². The van der Waals surface area contributed by atoms with Gasteiger partial charge in [-0.25, -0.2) is 0 Å². The second-order valence-electron chi connectivity index (χ2n) is 6.36. The normalized spacial score (nSPS) is 18.5. The van der Waals surface area contributed by atoms with Crippen molar-refractivity contribution >= 4 is 7.60 Å². The summed E-state index contributed by atoms with van der Waals surface area (Å²) in [5.74, 6) is 0. The van der Waals surface area contributed by atoms with Gasteiger partial charge in [-0.3, -0.25) is 4.57 Å². The number of quaternary nitrogens is 1. The number of nitrogens with zero attached hydrogens (tertiary/aromatic N) is 1. The Morgan fingerprint density at radius 2 is 1.59 bits per heavy atom. The second-order valence-corrected chi connectivity index (χ2v) is 8.26. The third-order valence-electron chi connectivity index (χ3n) is 3.32. The van der Waals surface area contributed by atoms with Crippen LogP contribution in [0.3, 0.4) is 0 Å². The van der Waals surface area contributed by atoms with Gasteiger partial charge in [0.1, 0.15) is 26.0 Å². The molecule has 0 aromatic carbocycles. The van der Waals surface area contributed by atoms with Crippen molar-refractivity contribution in [1.29, 1.82) is 0 Å². The fourth-order valence-electron chi connectivity index (χ4n) is 2.20. The van der Waals surface area contributed by atoms with Crippen LogP contribution in [0.15, 0.2) is 0 Å². The van der Waals surface area contributed by atoms with Crippen LogP contribution in [-0.2, 0) is 23.1 Å². The smallest absolute Gasteiger partial charge is 0.356 e. The van der Waals surface area contributed by atoms with Crippen molar-refractivity contribution in [3.05, 3.63) is 0 Å². The van der Waals surface area contributed by atoms with E-state index in [9.17, 15) is 4.57 Å². The van der Waals surface area contributed by atoms with E-state index in [4.69, 9.17) is 18.5 Å². The quantitative estimate of drug-likeness (QED) is 0.205. The highest BCUT2D eigenvalue weighted by Crippen LogP contribution is 2.50. The minimum absolute atomic E-state index is 0. The lowest BCUT2D eigenvalue weighted by Crippen LogP contribution is -3.00. The van der Waals surface area contributed by atoms with Crippen molar-refractivity contribution < 1.29 is 51.5 Å². The second kappa shape index (κ2) is 10.6. The molecule has 0 unspecified atom stereocenters. The van der Waals surface area contributed by atoms with Crippen molar-refractivity contribution in [2.24, 2.45) is 0 Å². The van der Waals surface area contributed by atoms with Gasteiger partial charge >= 0.3 is 7.60 Å². The van der Waals surface area contributed by atoms with Gasteiger partial charge in [0.15, 0.2) is 0 Å². The van der Waals surface area contributed by atoms with E-state index >= 15 is 0 Å². The highest BCUT2D eigenvalue weighted by molar-refractivity contribution is 7.53. The summed E-state index contributed by atoms with van der Waals surface area (Å²) in [6.45, 7) is 12.4. The molecule has 0 aliphatic carbocycles. The molecular formula is C14H31INO5P. The van der Waals surface area contributed by atoms with Gasteiger partial charge in [0.05, 0.1) is 39.1 Å². The molecule has 8 heteroatoms. The Balaban J connectivity index is 0.00000441. The van der Waals surface area contributed by atoms with Crippen LogP contribution < -0.4 is 24.0 Å².